The van der Waals surface area contributed by atoms with E-state index in [1.807, 2.05) is 0 Å². The average molecular weight is 230 g/mol. The fraction of sp³-hybridized carbons (Fsp3) is 0.385. The summed E-state index contributed by atoms with van der Waals surface area (Å²) in [6.45, 7) is 0. The van der Waals surface area contributed by atoms with Crippen LogP contribution in [0.15, 0.2) is 45.5 Å². The maximum Gasteiger partial charge on any atom is 0.266 e. The standard InChI is InChI=1S/C13H14N2O2/c16-11-6-7-12(17)15(14-11)13(8-9-13)10-4-2-1-3-5-10/h2,4-7H,1,3,8-9H2,(H,14,16). The number of allylic oxidation sites excluding steroid dienone is 4. The second kappa shape index (κ2) is 3.58. The molecule has 0 atom stereocenters. The Kier molecular flexibility index (Phi) is 2.18. The number of hydrogen-bond donors (Lipinski definition) is 1. The van der Waals surface area contributed by atoms with Gasteiger partial charge in [-0.3, -0.25) is 14.7 Å². The van der Waals surface area contributed by atoms with Gasteiger partial charge in [0.1, 0.15) is 0 Å². The summed E-state index contributed by atoms with van der Waals surface area (Å²) >= 11 is 0. The molecule has 0 aromatic carbocycles. The largest absolute Gasteiger partial charge is 0.268 e. The van der Waals surface area contributed by atoms with Crippen molar-refractivity contribution in [3.8, 4) is 0 Å². The van der Waals surface area contributed by atoms with E-state index in [1.165, 1.54) is 16.8 Å². The van der Waals surface area contributed by atoms with Crippen LogP contribution in [0.5, 0.6) is 0 Å². The Balaban J connectivity index is 2.12. The summed E-state index contributed by atoms with van der Waals surface area (Å²) in [6.07, 6.45) is 10.3. The summed E-state index contributed by atoms with van der Waals surface area (Å²) in [5.74, 6) is 0. The second-order valence-electron chi connectivity index (χ2n) is 4.65. The zero-order valence-electron chi connectivity index (χ0n) is 9.48. The summed E-state index contributed by atoms with van der Waals surface area (Å²) in [6, 6.07) is 2.62. The van der Waals surface area contributed by atoms with Crippen LogP contribution in [0.2, 0.25) is 0 Å². The minimum Gasteiger partial charge on any atom is -0.268 e. The van der Waals surface area contributed by atoms with E-state index < -0.39 is 0 Å². The molecule has 88 valence electrons. The van der Waals surface area contributed by atoms with Crippen LogP contribution in [-0.4, -0.2) is 9.78 Å². The van der Waals surface area contributed by atoms with E-state index >= 15 is 0 Å². The quantitative estimate of drug-likeness (QED) is 0.832. The first-order chi connectivity index (χ1) is 8.22. The van der Waals surface area contributed by atoms with E-state index in [2.05, 4.69) is 23.3 Å². The van der Waals surface area contributed by atoms with Crippen molar-refractivity contribution in [1.29, 1.82) is 0 Å². The molecule has 4 heteroatoms. The first-order valence-electron chi connectivity index (χ1n) is 5.92. The number of aromatic nitrogens is 2. The summed E-state index contributed by atoms with van der Waals surface area (Å²) in [5.41, 5.74) is 0.514. The molecule has 1 aromatic heterocycles. The topological polar surface area (TPSA) is 54.9 Å². The van der Waals surface area contributed by atoms with Gasteiger partial charge in [-0.15, -0.1) is 0 Å². The van der Waals surface area contributed by atoms with E-state index in [9.17, 15) is 9.59 Å². The lowest BCUT2D eigenvalue weighted by atomic mass is 9.98. The normalized spacial score (nSPS) is 21.1. The zero-order chi connectivity index (χ0) is 11.9. The van der Waals surface area contributed by atoms with Gasteiger partial charge in [0.25, 0.3) is 11.1 Å². The highest BCUT2D eigenvalue weighted by Crippen LogP contribution is 2.49. The highest BCUT2D eigenvalue weighted by atomic mass is 16.2. The minimum atomic E-state index is -0.283. The number of nitrogens with one attached hydrogen (secondary N) is 1. The third-order valence-corrected chi connectivity index (χ3v) is 3.50. The summed E-state index contributed by atoms with van der Waals surface area (Å²) < 4.78 is 1.50. The highest BCUT2D eigenvalue weighted by Gasteiger charge is 2.48. The molecule has 2 aliphatic carbocycles. The Morgan fingerprint density at radius 3 is 2.65 bits per heavy atom. The van der Waals surface area contributed by atoms with Crippen LogP contribution >= 0.6 is 0 Å². The third kappa shape index (κ3) is 1.60. The first-order valence-corrected chi connectivity index (χ1v) is 5.92. The predicted octanol–water partition coefficient (Wildman–Crippen LogP) is 1.30. The lowest BCUT2D eigenvalue weighted by Gasteiger charge is -2.21. The molecule has 2 aliphatic rings. The minimum absolute atomic E-state index is 0.137. The van der Waals surface area contributed by atoms with Gasteiger partial charge in [-0.05, 0) is 31.3 Å². The lowest BCUT2D eigenvalue weighted by Crippen LogP contribution is -2.37. The molecule has 0 amide bonds. The van der Waals surface area contributed by atoms with Gasteiger partial charge < -0.3 is 0 Å². The van der Waals surface area contributed by atoms with E-state index in [0.29, 0.717) is 0 Å². The maximum atomic E-state index is 11.8. The van der Waals surface area contributed by atoms with Crippen LogP contribution in [0.4, 0.5) is 0 Å². The summed E-state index contributed by atoms with van der Waals surface area (Å²) in [7, 11) is 0. The maximum absolute atomic E-state index is 11.8. The summed E-state index contributed by atoms with van der Waals surface area (Å²) in [5, 5.41) is 2.65. The molecule has 4 nitrogen and oxygen atoms in total. The lowest BCUT2D eigenvalue weighted by molar-refractivity contribution is 0.469. The van der Waals surface area contributed by atoms with Gasteiger partial charge in [0.05, 0.1) is 5.54 Å². The molecule has 0 radical (unpaired) electrons. The van der Waals surface area contributed by atoms with Gasteiger partial charge in [-0.2, -0.15) is 0 Å². The number of rotatable bonds is 2. The number of aromatic amines is 1. The van der Waals surface area contributed by atoms with Gasteiger partial charge in [-0.25, -0.2) is 4.68 Å². The molecule has 0 spiro atoms. The van der Waals surface area contributed by atoms with Crippen LogP contribution in [0.1, 0.15) is 25.7 Å². The second-order valence-corrected chi connectivity index (χ2v) is 4.65. The van der Waals surface area contributed by atoms with E-state index in [0.717, 1.165) is 31.3 Å². The fourth-order valence-electron chi connectivity index (χ4n) is 2.46. The molecule has 0 saturated heterocycles. The number of nitrogens with zero attached hydrogens (tertiary/aromatic N) is 1. The molecule has 17 heavy (non-hydrogen) atoms. The molecule has 0 bridgehead atoms. The molecule has 1 fully saturated rings. The molecule has 1 N–H and O–H groups in total. The SMILES string of the molecule is O=c1ccc(=O)n(C2(C3=CCCC=C3)CC2)[nH]1. The Morgan fingerprint density at radius 1 is 1.18 bits per heavy atom. The van der Waals surface area contributed by atoms with Crippen molar-refractivity contribution >= 4 is 0 Å². The molecule has 1 heterocycles. The van der Waals surface area contributed by atoms with Gasteiger partial charge >= 0.3 is 0 Å². The Hall–Kier alpha value is -1.84. The Bertz CT molecular complexity index is 615. The van der Waals surface area contributed by atoms with Gasteiger partial charge in [0, 0.05) is 12.1 Å². The van der Waals surface area contributed by atoms with Crippen molar-refractivity contribution in [2.75, 3.05) is 0 Å². The van der Waals surface area contributed by atoms with Gasteiger partial charge in [0.15, 0.2) is 0 Å². The monoisotopic (exact) mass is 230 g/mol. The fourth-order valence-corrected chi connectivity index (χ4v) is 2.46. The van der Waals surface area contributed by atoms with Crippen LogP contribution < -0.4 is 11.1 Å². The Morgan fingerprint density at radius 2 is 2.00 bits per heavy atom. The molecule has 1 aromatic rings. The third-order valence-electron chi connectivity index (χ3n) is 3.50. The molecule has 0 aliphatic heterocycles. The summed E-state index contributed by atoms with van der Waals surface area (Å²) in [4.78, 5) is 23.2. The molecule has 3 rings (SSSR count). The van der Waals surface area contributed by atoms with E-state index in [1.54, 1.807) is 0 Å². The number of hydrogen-bond acceptors (Lipinski definition) is 2. The van der Waals surface area contributed by atoms with Crippen LogP contribution in [0.3, 0.4) is 0 Å². The van der Waals surface area contributed by atoms with Crippen molar-refractivity contribution in [3.05, 3.63) is 56.6 Å². The van der Waals surface area contributed by atoms with E-state index in [-0.39, 0.29) is 16.7 Å². The molecule has 1 saturated carbocycles. The highest BCUT2D eigenvalue weighted by molar-refractivity contribution is 5.36. The van der Waals surface area contributed by atoms with Crippen molar-refractivity contribution in [1.82, 2.24) is 9.78 Å². The predicted molar refractivity (Wildman–Crippen MR) is 65.0 cm³/mol. The van der Waals surface area contributed by atoms with Gasteiger partial charge in [-0.1, -0.05) is 18.2 Å². The number of H-pyrrole nitrogens is 1. The zero-order valence-corrected chi connectivity index (χ0v) is 9.48. The van der Waals surface area contributed by atoms with Crippen LogP contribution in [0, 0.1) is 0 Å². The van der Waals surface area contributed by atoms with E-state index in [4.69, 9.17) is 0 Å². The van der Waals surface area contributed by atoms with Crippen LogP contribution in [-0.2, 0) is 5.54 Å². The average Bonchev–Trinajstić information content (AvgIpc) is 3.15. The van der Waals surface area contributed by atoms with Crippen molar-refractivity contribution < 1.29 is 0 Å². The van der Waals surface area contributed by atoms with Crippen molar-refractivity contribution in [2.24, 2.45) is 0 Å². The molecular weight excluding hydrogens is 216 g/mol. The van der Waals surface area contributed by atoms with Gasteiger partial charge in [0.2, 0.25) is 0 Å². The van der Waals surface area contributed by atoms with Crippen LogP contribution in [0.25, 0.3) is 0 Å². The van der Waals surface area contributed by atoms with Crippen molar-refractivity contribution in [2.45, 2.75) is 31.2 Å². The molecular formula is C13H14N2O2. The van der Waals surface area contributed by atoms with Crippen molar-refractivity contribution in [3.63, 3.8) is 0 Å². The molecule has 0 unspecified atom stereocenters. The Labute approximate surface area is 98.3 Å². The first kappa shape index (κ1) is 10.3. The smallest absolute Gasteiger partial charge is 0.266 e.